The highest BCUT2D eigenvalue weighted by Crippen LogP contribution is 2.15. The van der Waals surface area contributed by atoms with Gasteiger partial charge in [0, 0.05) is 18.0 Å². The van der Waals surface area contributed by atoms with E-state index in [0.717, 1.165) is 12.3 Å². The average molecular weight is 273 g/mol. The van der Waals surface area contributed by atoms with E-state index in [0.29, 0.717) is 5.82 Å². The van der Waals surface area contributed by atoms with Crippen LogP contribution in [0.25, 0.3) is 0 Å². The van der Waals surface area contributed by atoms with Crippen LogP contribution in [-0.2, 0) is 6.54 Å². The van der Waals surface area contributed by atoms with Gasteiger partial charge in [-0.2, -0.15) is 0 Å². The summed E-state index contributed by atoms with van der Waals surface area (Å²) < 4.78 is 13.2. The highest BCUT2D eigenvalue weighted by atomic mass is 19.1. The standard InChI is InChI=1S/C12H12FN7/c13-7-4-8(10(14)11(15)16)12(19-5-7)20-6-9-17-2-1-3-18-9/h1-5,14H,6H2,(H3,15,16)(H,19,20). The number of hydrogen-bond donors (Lipinski definition) is 4. The Balaban J connectivity index is 2.23. The average Bonchev–Trinajstić information content (AvgIpc) is 2.46. The van der Waals surface area contributed by atoms with E-state index in [1.807, 2.05) is 0 Å². The summed E-state index contributed by atoms with van der Waals surface area (Å²) in [4.78, 5) is 11.9. The molecule has 20 heavy (non-hydrogen) atoms. The fraction of sp³-hybridized carbons (Fsp3) is 0.0833. The van der Waals surface area contributed by atoms with Crippen LogP contribution in [0, 0.1) is 16.6 Å². The molecule has 5 N–H and O–H groups in total. The molecule has 0 aliphatic rings. The minimum Gasteiger partial charge on any atom is -0.382 e. The minimum absolute atomic E-state index is 0.119. The zero-order valence-electron chi connectivity index (χ0n) is 10.4. The fourth-order valence-electron chi connectivity index (χ4n) is 1.50. The first-order valence-corrected chi connectivity index (χ1v) is 5.66. The number of rotatable bonds is 5. The molecule has 2 heterocycles. The summed E-state index contributed by atoms with van der Waals surface area (Å²) in [5, 5.41) is 17.8. The van der Waals surface area contributed by atoms with Crippen LogP contribution in [0.2, 0.25) is 0 Å². The van der Waals surface area contributed by atoms with Crippen molar-refractivity contribution >= 4 is 17.4 Å². The third kappa shape index (κ3) is 3.10. The first-order valence-electron chi connectivity index (χ1n) is 5.66. The number of pyridine rings is 1. The van der Waals surface area contributed by atoms with Gasteiger partial charge in [0.15, 0.2) is 0 Å². The lowest BCUT2D eigenvalue weighted by atomic mass is 10.1. The topological polar surface area (TPSA) is 124 Å². The Bertz CT molecular complexity index is 642. The maximum Gasteiger partial charge on any atom is 0.147 e. The molecule has 2 aromatic heterocycles. The molecule has 2 aromatic rings. The molecule has 7 nitrogen and oxygen atoms in total. The smallest absolute Gasteiger partial charge is 0.147 e. The van der Waals surface area contributed by atoms with Crippen LogP contribution in [0.5, 0.6) is 0 Å². The summed E-state index contributed by atoms with van der Waals surface area (Å²) in [7, 11) is 0. The van der Waals surface area contributed by atoms with Crippen LogP contribution in [0.1, 0.15) is 11.4 Å². The number of nitrogens with zero attached hydrogens (tertiary/aromatic N) is 3. The normalized spacial score (nSPS) is 10.1. The molecule has 0 aromatic carbocycles. The van der Waals surface area contributed by atoms with E-state index >= 15 is 0 Å². The van der Waals surface area contributed by atoms with Crippen molar-refractivity contribution in [3.63, 3.8) is 0 Å². The van der Waals surface area contributed by atoms with Crippen molar-refractivity contribution in [2.75, 3.05) is 5.32 Å². The SMILES string of the molecule is N=C(N)C(=N)c1cc(F)cnc1NCc1ncccn1. The van der Waals surface area contributed by atoms with Gasteiger partial charge in [-0.25, -0.2) is 19.3 Å². The molecule has 0 aliphatic heterocycles. The number of anilines is 1. The lowest BCUT2D eigenvalue weighted by Gasteiger charge is -2.10. The summed E-state index contributed by atoms with van der Waals surface area (Å²) in [6, 6.07) is 2.79. The first kappa shape index (κ1) is 13.5. The Morgan fingerprint density at radius 3 is 2.60 bits per heavy atom. The molecular weight excluding hydrogens is 261 g/mol. The second-order valence-corrected chi connectivity index (χ2v) is 3.86. The molecule has 0 spiro atoms. The van der Waals surface area contributed by atoms with Gasteiger partial charge in [-0.05, 0) is 12.1 Å². The van der Waals surface area contributed by atoms with Gasteiger partial charge in [0.05, 0.1) is 12.7 Å². The molecule has 0 bridgehead atoms. The quantitative estimate of drug-likeness (QED) is 0.476. The highest BCUT2D eigenvalue weighted by Gasteiger charge is 2.13. The van der Waals surface area contributed by atoms with E-state index in [1.54, 1.807) is 18.5 Å². The molecule has 0 saturated heterocycles. The van der Waals surface area contributed by atoms with E-state index in [2.05, 4.69) is 20.3 Å². The van der Waals surface area contributed by atoms with Crippen molar-refractivity contribution in [3.05, 3.63) is 47.9 Å². The lowest BCUT2D eigenvalue weighted by molar-refractivity contribution is 0.621. The van der Waals surface area contributed by atoms with Crippen LogP contribution >= 0.6 is 0 Å². The number of halogens is 1. The van der Waals surface area contributed by atoms with Gasteiger partial charge in [0.2, 0.25) is 0 Å². The van der Waals surface area contributed by atoms with Crippen molar-refractivity contribution < 1.29 is 4.39 Å². The van der Waals surface area contributed by atoms with Gasteiger partial charge in [0.25, 0.3) is 0 Å². The summed E-state index contributed by atoms with van der Waals surface area (Å²) in [6.45, 7) is 0.262. The van der Waals surface area contributed by atoms with Crippen LogP contribution in [0.3, 0.4) is 0 Å². The number of aromatic nitrogens is 3. The van der Waals surface area contributed by atoms with Crippen LogP contribution < -0.4 is 11.1 Å². The van der Waals surface area contributed by atoms with Gasteiger partial charge in [0.1, 0.15) is 29.0 Å². The van der Waals surface area contributed by atoms with Crippen LogP contribution in [-0.4, -0.2) is 26.5 Å². The molecule has 0 fully saturated rings. The molecule has 0 atom stereocenters. The zero-order chi connectivity index (χ0) is 14.5. The van der Waals surface area contributed by atoms with E-state index in [1.165, 1.54) is 0 Å². The van der Waals surface area contributed by atoms with E-state index in [9.17, 15) is 4.39 Å². The molecule has 0 unspecified atom stereocenters. The van der Waals surface area contributed by atoms with Crippen LogP contribution in [0.15, 0.2) is 30.7 Å². The van der Waals surface area contributed by atoms with E-state index in [-0.39, 0.29) is 23.6 Å². The third-order valence-electron chi connectivity index (χ3n) is 2.43. The minimum atomic E-state index is -0.604. The Hall–Kier alpha value is -2.90. The maximum atomic E-state index is 13.2. The van der Waals surface area contributed by atoms with Gasteiger partial charge >= 0.3 is 0 Å². The zero-order valence-corrected chi connectivity index (χ0v) is 10.4. The second-order valence-electron chi connectivity index (χ2n) is 3.86. The summed E-state index contributed by atoms with van der Waals surface area (Å²) in [5.41, 5.74) is 5.07. The molecular formula is C12H12FN7. The van der Waals surface area contributed by atoms with Crippen molar-refractivity contribution in [3.8, 4) is 0 Å². The molecule has 2 rings (SSSR count). The summed E-state index contributed by atoms with van der Waals surface area (Å²) >= 11 is 0. The fourth-order valence-corrected chi connectivity index (χ4v) is 1.50. The number of hydrogen-bond acceptors (Lipinski definition) is 6. The van der Waals surface area contributed by atoms with Gasteiger partial charge in [-0.3, -0.25) is 10.8 Å². The van der Waals surface area contributed by atoms with E-state index in [4.69, 9.17) is 16.6 Å². The predicted octanol–water partition coefficient (Wildman–Crippen LogP) is 0.927. The van der Waals surface area contributed by atoms with Crippen molar-refractivity contribution in [2.45, 2.75) is 6.54 Å². The Morgan fingerprint density at radius 1 is 1.25 bits per heavy atom. The molecule has 0 amide bonds. The number of nitrogens with two attached hydrogens (primary N) is 1. The molecule has 102 valence electrons. The third-order valence-corrected chi connectivity index (χ3v) is 2.43. The van der Waals surface area contributed by atoms with Crippen molar-refractivity contribution in [1.82, 2.24) is 15.0 Å². The highest BCUT2D eigenvalue weighted by molar-refractivity contribution is 6.45. The predicted molar refractivity (Wildman–Crippen MR) is 72.3 cm³/mol. The monoisotopic (exact) mass is 273 g/mol. The van der Waals surface area contributed by atoms with Gasteiger partial charge < -0.3 is 11.1 Å². The Kier molecular flexibility index (Phi) is 3.94. The maximum absolute atomic E-state index is 13.2. The summed E-state index contributed by atoms with van der Waals surface area (Å²) in [5.74, 6) is -0.290. The van der Waals surface area contributed by atoms with Gasteiger partial charge in [-0.15, -0.1) is 0 Å². The largest absolute Gasteiger partial charge is 0.382 e. The molecule has 8 heteroatoms. The Labute approximate surface area is 114 Å². The Morgan fingerprint density at radius 2 is 1.95 bits per heavy atom. The number of nitrogens with one attached hydrogen (secondary N) is 3. The lowest BCUT2D eigenvalue weighted by Crippen LogP contribution is -2.24. The molecule has 0 aliphatic carbocycles. The van der Waals surface area contributed by atoms with Crippen molar-refractivity contribution in [1.29, 1.82) is 10.8 Å². The second kappa shape index (κ2) is 5.83. The molecule has 0 radical (unpaired) electrons. The van der Waals surface area contributed by atoms with E-state index < -0.39 is 11.7 Å². The van der Waals surface area contributed by atoms with Crippen molar-refractivity contribution in [2.24, 2.45) is 5.73 Å². The molecule has 0 saturated carbocycles. The first-order chi connectivity index (χ1) is 9.58. The van der Waals surface area contributed by atoms with Gasteiger partial charge in [-0.1, -0.05) is 0 Å². The summed E-state index contributed by atoms with van der Waals surface area (Å²) in [6.07, 6.45) is 4.21. The van der Waals surface area contributed by atoms with Crippen LogP contribution in [0.4, 0.5) is 10.2 Å². The number of amidine groups is 1.